The Hall–Kier alpha value is -3.93. The highest BCUT2D eigenvalue weighted by molar-refractivity contribution is 6.74. The molecule has 0 fully saturated rings. The van der Waals surface area contributed by atoms with Crippen LogP contribution >= 0.6 is 0 Å². The van der Waals surface area contributed by atoms with Gasteiger partial charge >= 0.3 is 0 Å². The molecule has 0 N–H and O–H groups in total. The van der Waals surface area contributed by atoms with Gasteiger partial charge in [0, 0.05) is 24.5 Å². The fourth-order valence-corrected chi connectivity index (χ4v) is 8.33. The Morgan fingerprint density at radius 2 is 0.904 bits per heavy atom. The third-order valence-corrected chi connectivity index (χ3v) is 20.0. The summed E-state index contributed by atoms with van der Waals surface area (Å²) >= 11 is 0. The largest absolute Gasteiger partial charge is 0.397 e. The molecule has 0 amide bonds. The molecule has 0 aliphatic carbocycles. The number of rotatable bonds is 14. The van der Waals surface area contributed by atoms with Gasteiger partial charge in [-0.25, -0.2) is 0 Å². The van der Waals surface area contributed by atoms with Crippen LogP contribution in [0.4, 0.5) is 11.4 Å². The lowest BCUT2D eigenvalue weighted by Gasteiger charge is -2.42. The van der Waals surface area contributed by atoms with E-state index in [4.69, 9.17) is 8.85 Å². The molecule has 2 atom stereocenters. The van der Waals surface area contributed by atoms with Gasteiger partial charge in [-0.15, -0.1) is 0 Å². The monoisotopic (exact) mass is 734 g/mol. The van der Waals surface area contributed by atoms with Crippen LogP contribution in [0.1, 0.15) is 103 Å². The molecule has 0 aliphatic rings. The van der Waals surface area contributed by atoms with E-state index in [1.54, 1.807) is 12.1 Å². The van der Waals surface area contributed by atoms with Gasteiger partial charge in [0.05, 0.1) is 23.3 Å². The lowest BCUT2D eigenvalue weighted by molar-refractivity contribution is 0.194. The molecule has 3 aromatic carbocycles. The van der Waals surface area contributed by atoms with Gasteiger partial charge in [0.2, 0.25) is 0 Å². The molecular formula is C44H62N4O2Si2. The van der Waals surface area contributed by atoms with Gasteiger partial charge in [0.25, 0.3) is 0 Å². The summed E-state index contributed by atoms with van der Waals surface area (Å²) in [4.78, 5) is 4.57. The number of hydrogen-bond donors (Lipinski definition) is 0. The van der Waals surface area contributed by atoms with E-state index in [0.717, 1.165) is 35.6 Å². The average molecular weight is 735 g/mol. The van der Waals surface area contributed by atoms with Crippen LogP contribution in [-0.4, -0.2) is 42.2 Å². The fourth-order valence-electron chi connectivity index (χ4n) is 5.66. The van der Waals surface area contributed by atoms with Crippen molar-refractivity contribution in [2.24, 2.45) is 0 Å². The van der Waals surface area contributed by atoms with Gasteiger partial charge in [-0.05, 0) is 123 Å². The molecular weight excluding hydrogens is 673 g/mol. The molecule has 3 rings (SSSR count). The fraction of sp³-hybridized carbons (Fsp3) is 0.455. The second-order valence-electron chi connectivity index (χ2n) is 16.6. The average Bonchev–Trinajstić information content (AvgIpc) is 3.06. The summed E-state index contributed by atoms with van der Waals surface area (Å²) in [6.45, 7) is 33.0. The maximum atomic E-state index is 10.0. The zero-order valence-electron chi connectivity index (χ0n) is 34.3. The molecule has 52 heavy (non-hydrogen) atoms. The third-order valence-electron chi connectivity index (χ3n) is 10.9. The summed E-state index contributed by atoms with van der Waals surface area (Å²) in [6, 6.07) is 25.0. The highest BCUT2D eigenvalue weighted by Gasteiger charge is 2.40. The summed E-state index contributed by atoms with van der Waals surface area (Å²) in [7, 11) is -3.83. The predicted molar refractivity (Wildman–Crippen MR) is 228 cm³/mol. The Bertz CT molecular complexity index is 1650. The first-order valence-corrected chi connectivity index (χ1v) is 24.4. The molecule has 0 heterocycles. The van der Waals surface area contributed by atoms with Crippen LogP contribution in [-0.2, 0) is 8.85 Å². The number of nitrogens with zero attached hydrogens (tertiary/aromatic N) is 4. The topological polar surface area (TPSA) is 72.5 Å². The minimum atomic E-state index is -1.92. The highest BCUT2D eigenvalue weighted by atomic mass is 28.4. The van der Waals surface area contributed by atoms with Crippen molar-refractivity contribution >= 4 is 52.3 Å². The molecule has 0 aliphatic heterocycles. The van der Waals surface area contributed by atoms with Crippen molar-refractivity contribution in [2.45, 2.75) is 118 Å². The number of anilines is 2. The van der Waals surface area contributed by atoms with E-state index in [2.05, 4.69) is 166 Å². The van der Waals surface area contributed by atoms with E-state index in [1.165, 1.54) is 0 Å². The Kier molecular flexibility index (Phi) is 14.1. The van der Waals surface area contributed by atoms with Crippen LogP contribution in [0, 0.1) is 22.7 Å². The molecule has 6 nitrogen and oxygen atoms in total. The van der Waals surface area contributed by atoms with Crippen molar-refractivity contribution in [1.82, 2.24) is 0 Å². The van der Waals surface area contributed by atoms with E-state index in [-0.39, 0.29) is 22.5 Å². The van der Waals surface area contributed by atoms with Crippen LogP contribution in [0.25, 0.3) is 24.3 Å². The van der Waals surface area contributed by atoms with Crippen LogP contribution in [0.2, 0.25) is 36.3 Å². The van der Waals surface area contributed by atoms with Crippen molar-refractivity contribution in [3.05, 3.63) is 94.0 Å². The normalized spacial score (nSPS) is 13.9. The van der Waals surface area contributed by atoms with Gasteiger partial charge in [-0.3, -0.25) is 0 Å². The first kappa shape index (κ1) is 42.5. The number of nitriles is 2. The van der Waals surface area contributed by atoms with Gasteiger partial charge in [-0.1, -0.05) is 90.1 Å². The van der Waals surface area contributed by atoms with Crippen molar-refractivity contribution in [3.63, 3.8) is 0 Å². The van der Waals surface area contributed by atoms with Crippen molar-refractivity contribution in [3.8, 4) is 12.1 Å². The quantitative estimate of drug-likeness (QED) is 0.0933. The standard InChI is InChI=1S/C44H62N4O2Si2/c1-15-47(33(3)49-51(11,12)43(5,6)7)41-25-19-35(20-26-41)17-23-37-29-40(32-46)38(30-39(37)31-45)24-18-36-21-27-42(28-22-36)48(16-2)34(4)50-52(13,14)44(8,9)10/h17-30,33-34H,15-16H2,1-14H3/b23-17+,24-18+. The molecule has 0 spiro atoms. The summed E-state index contributed by atoms with van der Waals surface area (Å²) in [5, 5.41) is 20.4. The lowest BCUT2D eigenvalue weighted by Crippen LogP contribution is -2.48. The molecule has 0 bridgehead atoms. The molecule has 2 unspecified atom stereocenters. The zero-order chi connectivity index (χ0) is 39.1. The predicted octanol–water partition coefficient (Wildman–Crippen LogP) is 12.2. The zero-order valence-corrected chi connectivity index (χ0v) is 36.3. The van der Waals surface area contributed by atoms with Crippen LogP contribution in [0.15, 0.2) is 60.7 Å². The second-order valence-corrected chi connectivity index (χ2v) is 26.1. The Morgan fingerprint density at radius 1 is 0.596 bits per heavy atom. The minimum absolute atomic E-state index is 0.0328. The van der Waals surface area contributed by atoms with Crippen molar-refractivity contribution in [1.29, 1.82) is 10.5 Å². The number of hydrogen-bond acceptors (Lipinski definition) is 6. The smallest absolute Gasteiger partial charge is 0.194 e. The summed E-state index contributed by atoms with van der Waals surface area (Å²) in [5.74, 6) is 0. The van der Waals surface area contributed by atoms with Crippen molar-refractivity contribution in [2.75, 3.05) is 22.9 Å². The first-order valence-electron chi connectivity index (χ1n) is 18.6. The van der Waals surface area contributed by atoms with E-state index in [0.29, 0.717) is 22.3 Å². The van der Waals surface area contributed by atoms with E-state index < -0.39 is 16.6 Å². The first-order chi connectivity index (χ1) is 24.2. The second kappa shape index (κ2) is 17.3. The summed E-state index contributed by atoms with van der Waals surface area (Å²) in [6.07, 6.45) is 7.74. The lowest BCUT2D eigenvalue weighted by atomic mass is 9.97. The van der Waals surface area contributed by atoms with Crippen LogP contribution in [0.5, 0.6) is 0 Å². The molecule has 0 saturated heterocycles. The maximum absolute atomic E-state index is 10.0. The van der Waals surface area contributed by atoms with Crippen molar-refractivity contribution < 1.29 is 8.85 Å². The molecule has 278 valence electrons. The van der Waals surface area contributed by atoms with E-state index >= 15 is 0 Å². The van der Waals surface area contributed by atoms with E-state index in [1.807, 2.05) is 24.3 Å². The van der Waals surface area contributed by atoms with Gasteiger partial charge in [-0.2, -0.15) is 10.5 Å². The minimum Gasteiger partial charge on any atom is -0.397 e. The highest BCUT2D eigenvalue weighted by Crippen LogP contribution is 2.39. The van der Waals surface area contributed by atoms with Crippen LogP contribution < -0.4 is 9.80 Å². The van der Waals surface area contributed by atoms with Gasteiger partial charge < -0.3 is 18.7 Å². The van der Waals surface area contributed by atoms with Gasteiger partial charge in [0.15, 0.2) is 16.6 Å². The third kappa shape index (κ3) is 10.6. The number of benzene rings is 3. The molecule has 0 radical (unpaired) electrons. The Labute approximate surface area is 317 Å². The Balaban J connectivity index is 1.77. The van der Waals surface area contributed by atoms with Gasteiger partial charge in [0.1, 0.15) is 12.5 Å². The SMILES string of the molecule is CCN(c1ccc(/C=C/c2cc(C#N)c(/C=C/c3ccc(N(CC)C(C)O[Si](C)(C)C(C)(C)C)cc3)cc2C#N)cc1)C(C)O[Si](C)(C)C(C)(C)C. The molecule has 8 heteroatoms. The molecule has 0 aromatic heterocycles. The van der Waals surface area contributed by atoms with E-state index in [9.17, 15) is 10.5 Å². The summed E-state index contributed by atoms with van der Waals surface area (Å²) < 4.78 is 13.4. The maximum Gasteiger partial charge on any atom is 0.194 e. The Morgan fingerprint density at radius 3 is 1.15 bits per heavy atom. The summed E-state index contributed by atoms with van der Waals surface area (Å²) in [5.41, 5.74) is 6.69. The van der Waals surface area contributed by atoms with Crippen LogP contribution in [0.3, 0.4) is 0 Å². The molecule has 0 saturated carbocycles. The molecule has 3 aromatic rings.